The van der Waals surface area contributed by atoms with E-state index >= 15 is 0 Å². The van der Waals surface area contributed by atoms with Gasteiger partial charge in [0.1, 0.15) is 0 Å². The Balaban J connectivity index is 1.80. The number of para-hydroxylation sites is 1. The molecule has 0 aliphatic carbocycles. The first-order valence-electron chi connectivity index (χ1n) is 8.09. The molecule has 0 amide bonds. The number of nitrogens with zero attached hydrogens (tertiary/aromatic N) is 1. The molecule has 0 aliphatic heterocycles. The van der Waals surface area contributed by atoms with E-state index in [0.29, 0.717) is 11.1 Å². The Hall–Kier alpha value is -3.01. The van der Waals surface area contributed by atoms with Crippen LogP contribution >= 0.6 is 0 Å². The van der Waals surface area contributed by atoms with Crippen LogP contribution in [0.4, 0.5) is 0 Å². The van der Waals surface area contributed by atoms with Gasteiger partial charge in [0, 0.05) is 16.6 Å². The zero-order chi connectivity index (χ0) is 18.0. The lowest BCUT2D eigenvalue weighted by atomic mass is 10.0. The third-order valence-electron chi connectivity index (χ3n) is 4.08. The van der Waals surface area contributed by atoms with E-state index in [9.17, 15) is 9.59 Å². The molecule has 4 nitrogen and oxygen atoms in total. The number of rotatable bonds is 4. The molecule has 0 saturated carbocycles. The van der Waals surface area contributed by atoms with Gasteiger partial charge in [0.2, 0.25) is 5.78 Å². The molecule has 3 rings (SSSR count). The number of aryl methyl sites for hydroxylation is 3. The van der Waals surface area contributed by atoms with E-state index in [0.717, 1.165) is 27.7 Å². The van der Waals surface area contributed by atoms with Crippen molar-refractivity contribution in [1.82, 2.24) is 4.98 Å². The van der Waals surface area contributed by atoms with Crippen LogP contribution in [0.25, 0.3) is 10.9 Å². The number of hydrogen-bond acceptors (Lipinski definition) is 4. The van der Waals surface area contributed by atoms with Gasteiger partial charge in [0.05, 0.1) is 11.1 Å². The van der Waals surface area contributed by atoms with E-state index in [1.165, 1.54) is 0 Å². The Bertz CT molecular complexity index is 976. The highest BCUT2D eigenvalue weighted by Crippen LogP contribution is 2.19. The number of carbonyl (C=O) groups excluding carboxylic acids is 2. The summed E-state index contributed by atoms with van der Waals surface area (Å²) in [6.45, 7) is 5.39. The van der Waals surface area contributed by atoms with Gasteiger partial charge < -0.3 is 4.74 Å². The number of carbonyl (C=O) groups is 2. The van der Waals surface area contributed by atoms with Gasteiger partial charge in [-0.05, 0) is 38.5 Å². The number of esters is 1. The average molecular weight is 333 g/mol. The summed E-state index contributed by atoms with van der Waals surface area (Å²) in [4.78, 5) is 29.2. The first-order chi connectivity index (χ1) is 12.0. The maximum absolute atomic E-state index is 12.5. The summed E-state index contributed by atoms with van der Waals surface area (Å²) < 4.78 is 5.28. The van der Waals surface area contributed by atoms with Crippen LogP contribution in [0.3, 0.4) is 0 Å². The van der Waals surface area contributed by atoms with E-state index in [1.807, 2.05) is 57.2 Å². The molecule has 0 spiro atoms. The Morgan fingerprint density at radius 3 is 2.48 bits per heavy atom. The highest BCUT2D eigenvalue weighted by Gasteiger charge is 2.16. The fourth-order valence-electron chi connectivity index (χ4n) is 2.89. The Morgan fingerprint density at radius 1 is 0.960 bits per heavy atom. The molecule has 0 bridgehead atoms. The number of benzene rings is 2. The maximum Gasteiger partial charge on any atom is 0.339 e. The van der Waals surface area contributed by atoms with Crippen molar-refractivity contribution >= 4 is 22.7 Å². The lowest BCUT2D eigenvalue weighted by Crippen LogP contribution is -2.15. The number of ether oxygens (including phenoxy) is 1. The highest BCUT2D eigenvalue weighted by molar-refractivity contribution is 6.05. The van der Waals surface area contributed by atoms with Gasteiger partial charge in [-0.2, -0.15) is 0 Å². The minimum atomic E-state index is -0.514. The summed E-state index contributed by atoms with van der Waals surface area (Å²) in [6, 6.07) is 14.7. The first kappa shape index (κ1) is 16.8. The molecule has 25 heavy (non-hydrogen) atoms. The van der Waals surface area contributed by atoms with Gasteiger partial charge in [-0.1, -0.05) is 42.0 Å². The van der Waals surface area contributed by atoms with Crippen LogP contribution in [0.1, 0.15) is 37.5 Å². The van der Waals surface area contributed by atoms with Crippen molar-refractivity contribution in [3.8, 4) is 0 Å². The number of Topliss-reactive ketones (excluding diaryl/α,β-unsaturated/α-hetero) is 1. The lowest BCUT2D eigenvalue weighted by molar-refractivity contribution is 0.0476. The van der Waals surface area contributed by atoms with Gasteiger partial charge in [-0.3, -0.25) is 9.78 Å². The van der Waals surface area contributed by atoms with E-state index in [-0.39, 0.29) is 12.4 Å². The molecule has 1 aromatic heterocycles. The van der Waals surface area contributed by atoms with E-state index < -0.39 is 5.97 Å². The predicted molar refractivity (Wildman–Crippen MR) is 97.0 cm³/mol. The van der Waals surface area contributed by atoms with Crippen molar-refractivity contribution in [3.63, 3.8) is 0 Å². The van der Waals surface area contributed by atoms with Crippen molar-refractivity contribution in [2.24, 2.45) is 0 Å². The number of aromatic nitrogens is 1. The Labute approximate surface area is 146 Å². The predicted octanol–water partition coefficient (Wildman–Crippen LogP) is 4.20. The molecule has 4 heteroatoms. The first-order valence-corrected chi connectivity index (χ1v) is 8.09. The zero-order valence-electron chi connectivity index (χ0n) is 14.5. The summed E-state index contributed by atoms with van der Waals surface area (Å²) in [6.07, 6.45) is 0. The van der Waals surface area contributed by atoms with Crippen molar-refractivity contribution in [2.75, 3.05) is 6.61 Å². The minimum Gasteiger partial charge on any atom is -0.454 e. The second kappa shape index (κ2) is 6.85. The second-order valence-electron chi connectivity index (χ2n) is 6.15. The van der Waals surface area contributed by atoms with Crippen LogP contribution in [0.2, 0.25) is 0 Å². The fraction of sp³-hybridized carbons (Fsp3) is 0.190. The van der Waals surface area contributed by atoms with Gasteiger partial charge in [-0.25, -0.2) is 4.79 Å². The van der Waals surface area contributed by atoms with Crippen LogP contribution in [-0.4, -0.2) is 23.3 Å². The summed E-state index contributed by atoms with van der Waals surface area (Å²) >= 11 is 0. The van der Waals surface area contributed by atoms with Crippen LogP contribution in [0, 0.1) is 20.8 Å². The number of ketones is 1. The molecule has 1 heterocycles. The highest BCUT2D eigenvalue weighted by atomic mass is 16.5. The third kappa shape index (κ3) is 3.58. The second-order valence-corrected chi connectivity index (χ2v) is 6.15. The van der Waals surface area contributed by atoms with Crippen molar-refractivity contribution in [3.05, 3.63) is 76.5 Å². The van der Waals surface area contributed by atoms with Gasteiger partial charge in [0.25, 0.3) is 0 Å². The largest absolute Gasteiger partial charge is 0.454 e. The quantitative estimate of drug-likeness (QED) is 0.530. The van der Waals surface area contributed by atoms with Crippen LogP contribution in [0.5, 0.6) is 0 Å². The number of pyridine rings is 1. The average Bonchev–Trinajstić information content (AvgIpc) is 2.58. The zero-order valence-corrected chi connectivity index (χ0v) is 14.5. The van der Waals surface area contributed by atoms with Gasteiger partial charge >= 0.3 is 5.97 Å². The van der Waals surface area contributed by atoms with Gasteiger partial charge in [0.15, 0.2) is 6.61 Å². The van der Waals surface area contributed by atoms with E-state index in [1.54, 1.807) is 12.1 Å². The molecule has 0 saturated heterocycles. The SMILES string of the molecule is Cc1ccc(C(=O)COC(=O)c2cc(C)nc3ccccc23)c(C)c1. The van der Waals surface area contributed by atoms with Crippen molar-refractivity contribution in [1.29, 1.82) is 0 Å². The Kier molecular flexibility index (Phi) is 4.61. The van der Waals surface area contributed by atoms with Crippen LogP contribution in [0.15, 0.2) is 48.5 Å². The number of fused-ring (bicyclic) bond motifs is 1. The molecule has 126 valence electrons. The molecule has 3 aromatic rings. The summed E-state index contributed by atoms with van der Waals surface area (Å²) in [7, 11) is 0. The summed E-state index contributed by atoms with van der Waals surface area (Å²) in [5.74, 6) is -0.722. The van der Waals surface area contributed by atoms with Crippen molar-refractivity contribution in [2.45, 2.75) is 20.8 Å². The molecular weight excluding hydrogens is 314 g/mol. The molecule has 0 radical (unpaired) electrons. The molecule has 0 N–H and O–H groups in total. The molecule has 0 fully saturated rings. The van der Waals surface area contributed by atoms with E-state index in [2.05, 4.69) is 4.98 Å². The fourth-order valence-corrected chi connectivity index (χ4v) is 2.89. The van der Waals surface area contributed by atoms with Crippen LogP contribution < -0.4 is 0 Å². The molecule has 0 unspecified atom stereocenters. The minimum absolute atomic E-state index is 0.207. The normalized spacial score (nSPS) is 10.7. The summed E-state index contributed by atoms with van der Waals surface area (Å²) in [5.41, 5.74) is 4.43. The molecular formula is C21H19NO3. The summed E-state index contributed by atoms with van der Waals surface area (Å²) in [5, 5.41) is 0.720. The lowest BCUT2D eigenvalue weighted by Gasteiger charge is -2.09. The monoisotopic (exact) mass is 333 g/mol. The molecule has 0 aliphatic rings. The molecule has 2 aromatic carbocycles. The van der Waals surface area contributed by atoms with Crippen molar-refractivity contribution < 1.29 is 14.3 Å². The topological polar surface area (TPSA) is 56.3 Å². The number of hydrogen-bond donors (Lipinski definition) is 0. The molecule has 0 atom stereocenters. The van der Waals surface area contributed by atoms with E-state index in [4.69, 9.17) is 4.74 Å². The smallest absolute Gasteiger partial charge is 0.339 e. The maximum atomic E-state index is 12.5. The van der Waals surface area contributed by atoms with Gasteiger partial charge in [-0.15, -0.1) is 0 Å². The third-order valence-corrected chi connectivity index (χ3v) is 4.08. The standard InChI is InChI=1S/C21H19NO3/c1-13-8-9-16(14(2)10-13)20(23)12-25-21(24)18-11-15(3)22-19-7-5-4-6-17(18)19/h4-11H,12H2,1-3H3. The van der Waals surface area contributed by atoms with Crippen LogP contribution in [-0.2, 0) is 4.74 Å². The Morgan fingerprint density at radius 2 is 1.72 bits per heavy atom.